The largest absolute Gasteiger partial charge is 0.417 e. The predicted octanol–water partition coefficient (Wildman–Crippen LogP) is 4.09. The van der Waals surface area contributed by atoms with Crippen molar-refractivity contribution in [2.24, 2.45) is 0 Å². The minimum absolute atomic E-state index is 0.280. The highest BCUT2D eigenvalue weighted by Gasteiger charge is 2.07. The second kappa shape index (κ2) is 6.57. The molecule has 0 saturated carbocycles. The fourth-order valence-electron chi connectivity index (χ4n) is 1.75. The molecule has 0 saturated heterocycles. The van der Waals surface area contributed by atoms with E-state index in [0.29, 0.717) is 18.5 Å². The highest BCUT2D eigenvalue weighted by atomic mass is 16.6. The lowest BCUT2D eigenvalue weighted by molar-refractivity contribution is 0.330. The Balaban J connectivity index is 1.96. The second-order valence-corrected chi connectivity index (χ2v) is 5.47. The van der Waals surface area contributed by atoms with E-state index in [1.165, 1.54) is 5.56 Å². The number of oxazole rings is 1. The van der Waals surface area contributed by atoms with Gasteiger partial charge in [-0.1, -0.05) is 39.8 Å². The SMILES string of the molecule is CC(C)NCc1coc(Oc2ccc(C(C)C)cc2)n1. The molecule has 108 valence electrons. The molecule has 0 bridgehead atoms. The molecule has 0 spiro atoms. The van der Waals surface area contributed by atoms with Crippen LogP contribution in [0.4, 0.5) is 0 Å². The average molecular weight is 274 g/mol. The number of hydrogen-bond donors (Lipinski definition) is 1. The number of ether oxygens (including phenoxy) is 1. The Morgan fingerprint density at radius 2 is 1.85 bits per heavy atom. The van der Waals surface area contributed by atoms with E-state index in [4.69, 9.17) is 9.15 Å². The van der Waals surface area contributed by atoms with E-state index in [9.17, 15) is 0 Å². The Labute approximate surface area is 120 Å². The molecule has 4 heteroatoms. The van der Waals surface area contributed by atoms with Crippen LogP contribution in [0.1, 0.15) is 44.9 Å². The topological polar surface area (TPSA) is 47.3 Å². The van der Waals surface area contributed by atoms with Gasteiger partial charge in [0.1, 0.15) is 12.0 Å². The van der Waals surface area contributed by atoms with Crippen molar-refractivity contribution in [2.45, 2.75) is 46.2 Å². The number of nitrogens with one attached hydrogen (secondary N) is 1. The van der Waals surface area contributed by atoms with Crippen LogP contribution in [0.3, 0.4) is 0 Å². The third-order valence-corrected chi connectivity index (χ3v) is 2.97. The molecule has 2 aromatic rings. The van der Waals surface area contributed by atoms with Gasteiger partial charge in [0.25, 0.3) is 0 Å². The van der Waals surface area contributed by atoms with E-state index >= 15 is 0 Å². The summed E-state index contributed by atoms with van der Waals surface area (Å²) in [5.41, 5.74) is 2.12. The van der Waals surface area contributed by atoms with Crippen LogP contribution in [-0.2, 0) is 6.54 Å². The van der Waals surface area contributed by atoms with E-state index in [1.807, 2.05) is 12.1 Å². The zero-order valence-electron chi connectivity index (χ0n) is 12.5. The number of rotatable bonds is 6. The number of aromatic nitrogens is 1. The Kier molecular flexibility index (Phi) is 4.79. The summed E-state index contributed by atoms with van der Waals surface area (Å²) in [4.78, 5) is 4.28. The van der Waals surface area contributed by atoms with Gasteiger partial charge in [-0.15, -0.1) is 0 Å². The van der Waals surface area contributed by atoms with Crippen LogP contribution in [0.25, 0.3) is 0 Å². The highest BCUT2D eigenvalue weighted by molar-refractivity contribution is 5.30. The summed E-state index contributed by atoms with van der Waals surface area (Å²) in [6, 6.07) is 8.41. The zero-order valence-corrected chi connectivity index (χ0v) is 12.5. The minimum Gasteiger partial charge on any atom is -0.417 e. The molecule has 1 heterocycles. The van der Waals surface area contributed by atoms with Gasteiger partial charge >= 0.3 is 6.08 Å². The lowest BCUT2D eigenvalue weighted by Gasteiger charge is -2.06. The molecule has 0 aliphatic carbocycles. The van der Waals surface area contributed by atoms with Gasteiger partial charge < -0.3 is 14.5 Å². The van der Waals surface area contributed by atoms with E-state index in [0.717, 1.165) is 11.4 Å². The lowest BCUT2D eigenvalue weighted by Crippen LogP contribution is -2.21. The van der Waals surface area contributed by atoms with E-state index < -0.39 is 0 Å². The summed E-state index contributed by atoms with van der Waals surface area (Å²) in [6.45, 7) is 9.19. The maximum absolute atomic E-state index is 5.60. The molecule has 0 aliphatic heterocycles. The van der Waals surface area contributed by atoms with E-state index in [2.05, 4.69) is 50.1 Å². The van der Waals surface area contributed by atoms with Crippen LogP contribution < -0.4 is 10.1 Å². The number of benzene rings is 1. The predicted molar refractivity (Wildman–Crippen MR) is 79.1 cm³/mol. The van der Waals surface area contributed by atoms with Gasteiger partial charge in [-0.2, -0.15) is 4.98 Å². The first kappa shape index (κ1) is 14.6. The molecule has 1 aromatic carbocycles. The van der Waals surface area contributed by atoms with Gasteiger partial charge in [0.05, 0.1) is 5.69 Å². The van der Waals surface area contributed by atoms with Crippen LogP contribution in [-0.4, -0.2) is 11.0 Å². The normalized spacial score (nSPS) is 11.3. The van der Waals surface area contributed by atoms with Crippen molar-refractivity contribution in [1.29, 1.82) is 0 Å². The van der Waals surface area contributed by atoms with Crippen molar-refractivity contribution in [3.63, 3.8) is 0 Å². The first-order valence-corrected chi connectivity index (χ1v) is 7.00. The Morgan fingerprint density at radius 3 is 2.45 bits per heavy atom. The van der Waals surface area contributed by atoms with Gasteiger partial charge in [-0.05, 0) is 23.6 Å². The van der Waals surface area contributed by atoms with Crippen LogP contribution in [0.5, 0.6) is 11.8 Å². The summed E-state index contributed by atoms with van der Waals surface area (Å²) in [7, 11) is 0. The smallest absolute Gasteiger partial charge is 0.399 e. The molecule has 0 unspecified atom stereocenters. The fourth-order valence-corrected chi connectivity index (χ4v) is 1.75. The Hall–Kier alpha value is -1.81. The van der Waals surface area contributed by atoms with Crippen LogP contribution in [0.15, 0.2) is 34.9 Å². The van der Waals surface area contributed by atoms with Crippen molar-refractivity contribution in [1.82, 2.24) is 10.3 Å². The first-order valence-electron chi connectivity index (χ1n) is 7.00. The maximum Gasteiger partial charge on any atom is 0.399 e. The fraction of sp³-hybridized carbons (Fsp3) is 0.438. The summed E-state index contributed by atoms with van der Waals surface area (Å²) < 4.78 is 10.9. The molecule has 2 rings (SSSR count). The molecule has 0 atom stereocenters. The summed E-state index contributed by atoms with van der Waals surface area (Å²) in [5, 5.41) is 3.28. The molecule has 0 aliphatic rings. The van der Waals surface area contributed by atoms with Crippen LogP contribution >= 0.6 is 0 Å². The van der Waals surface area contributed by atoms with E-state index in [1.54, 1.807) is 6.26 Å². The summed E-state index contributed by atoms with van der Waals surface area (Å²) in [5.74, 6) is 1.25. The van der Waals surface area contributed by atoms with E-state index in [-0.39, 0.29) is 6.08 Å². The van der Waals surface area contributed by atoms with Crippen molar-refractivity contribution in [3.05, 3.63) is 41.8 Å². The van der Waals surface area contributed by atoms with Crippen LogP contribution in [0, 0.1) is 0 Å². The number of nitrogens with zero attached hydrogens (tertiary/aromatic N) is 1. The first-order chi connectivity index (χ1) is 9.54. The Morgan fingerprint density at radius 1 is 1.15 bits per heavy atom. The molecule has 0 fully saturated rings. The third kappa shape index (κ3) is 4.10. The molecule has 1 aromatic heterocycles. The third-order valence-electron chi connectivity index (χ3n) is 2.97. The van der Waals surface area contributed by atoms with Crippen molar-refractivity contribution in [3.8, 4) is 11.8 Å². The average Bonchev–Trinajstić information content (AvgIpc) is 2.84. The zero-order chi connectivity index (χ0) is 14.5. The molecule has 0 amide bonds. The van der Waals surface area contributed by atoms with Crippen molar-refractivity contribution < 1.29 is 9.15 Å². The molecule has 0 radical (unpaired) electrons. The van der Waals surface area contributed by atoms with Crippen molar-refractivity contribution in [2.75, 3.05) is 0 Å². The monoisotopic (exact) mass is 274 g/mol. The van der Waals surface area contributed by atoms with Gasteiger partial charge in [0, 0.05) is 12.6 Å². The summed E-state index contributed by atoms with van der Waals surface area (Å²) in [6.07, 6.45) is 1.90. The molecule has 1 N–H and O–H groups in total. The highest BCUT2D eigenvalue weighted by Crippen LogP contribution is 2.23. The van der Waals surface area contributed by atoms with Gasteiger partial charge in [0.2, 0.25) is 0 Å². The number of hydrogen-bond acceptors (Lipinski definition) is 4. The summed E-state index contributed by atoms with van der Waals surface area (Å²) >= 11 is 0. The maximum atomic E-state index is 5.60. The quantitative estimate of drug-likeness (QED) is 0.862. The standard InChI is InChI=1S/C16H22N2O2/c1-11(2)13-5-7-15(8-6-13)20-16-18-14(10-19-16)9-17-12(3)4/h5-8,10-12,17H,9H2,1-4H3. The molecule has 20 heavy (non-hydrogen) atoms. The van der Waals surface area contributed by atoms with Crippen LogP contribution in [0.2, 0.25) is 0 Å². The molecular formula is C16H22N2O2. The van der Waals surface area contributed by atoms with Gasteiger partial charge in [-0.3, -0.25) is 0 Å². The lowest BCUT2D eigenvalue weighted by atomic mass is 10.0. The van der Waals surface area contributed by atoms with Gasteiger partial charge in [0.15, 0.2) is 0 Å². The van der Waals surface area contributed by atoms with Crippen molar-refractivity contribution >= 4 is 0 Å². The van der Waals surface area contributed by atoms with Gasteiger partial charge in [-0.25, -0.2) is 0 Å². The Bertz CT molecular complexity index is 530. The minimum atomic E-state index is 0.280. The second-order valence-electron chi connectivity index (χ2n) is 5.47. The molecule has 4 nitrogen and oxygen atoms in total. The molecular weight excluding hydrogens is 252 g/mol.